The maximum Gasteiger partial charge on any atom is 0.256 e. The molecule has 28 heavy (non-hydrogen) atoms. The summed E-state index contributed by atoms with van der Waals surface area (Å²) in [5.41, 5.74) is 2.17. The maximum atomic E-state index is 13.3. The van der Waals surface area contributed by atoms with E-state index < -0.39 is 0 Å². The molecule has 0 aliphatic heterocycles. The number of anilines is 1. The molecule has 0 atom stereocenters. The molecular formula is C22H22FN3O2. The van der Waals surface area contributed by atoms with Crippen LogP contribution in [0, 0.1) is 5.82 Å². The quantitative estimate of drug-likeness (QED) is 0.665. The summed E-state index contributed by atoms with van der Waals surface area (Å²) in [5, 5.41) is 7.46. The summed E-state index contributed by atoms with van der Waals surface area (Å²) in [4.78, 5) is 24.1. The highest BCUT2D eigenvalue weighted by Gasteiger charge is 2.22. The summed E-state index contributed by atoms with van der Waals surface area (Å²) in [5.74, 6) is -0.240. The van der Waals surface area contributed by atoms with Gasteiger partial charge in [0.05, 0.1) is 11.4 Å². The van der Waals surface area contributed by atoms with Gasteiger partial charge in [0.1, 0.15) is 11.6 Å². The zero-order valence-corrected chi connectivity index (χ0v) is 16.3. The molecule has 0 saturated heterocycles. The van der Waals surface area contributed by atoms with Gasteiger partial charge in [-0.25, -0.2) is 9.07 Å². The lowest BCUT2D eigenvalue weighted by Crippen LogP contribution is -2.15. The lowest BCUT2D eigenvalue weighted by molar-refractivity contribution is 0.100. The van der Waals surface area contributed by atoms with Crippen molar-refractivity contribution in [2.24, 2.45) is 0 Å². The van der Waals surface area contributed by atoms with Gasteiger partial charge in [0.2, 0.25) is 0 Å². The minimum absolute atomic E-state index is 0.0591. The first-order valence-corrected chi connectivity index (χ1v) is 8.94. The number of carbonyl (C=O) groups excluding carboxylic acids is 2. The SMILES string of the molecule is CC(=O)c1ccc(C(=O)Nc2cc(C(C)(C)C)nn2-c2ccc(F)cc2)cc1. The van der Waals surface area contributed by atoms with E-state index in [0.29, 0.717) is 22.6 Å². The van der Waals surface area contributed by atoms with Crippen molar-refractivity contribution >= 4 is 17.5 Å². The zero-order valence-electron chi connectivity index (χ0n) is 16.3. The van der Waals surface area contributed by atoms with Crippen molar-refractivity contribution in [2.45, 2.75) is 33.1 Å². The second-order valence-electron chi connectivity index (χ2n) is 7.64. The number of rotatable bonds is 4. The topological polar surface area (TPSA) is 64.0 Å². The molecule has 0 unspecified atom stereocenters. The molecule has 0 saturated carbocycles. The molecular weight excluding hydrogens is 357 g/mol. The first-order valence-electron chi connectivity index (χ1n) is 8.94. The average molecular weight is 379 g/mol. The van der Waals surface area contributed by atoms with Crippen LogP contribution in [0.2, 0.25) is 0 Å². The number of hydrogen-bond donors (Lipinski definition) is 1. The van der Waals surface area contributed by atoms with E-state index in [0.717, 1.165) is 5.69 Å². The number of nitrogens with one attached hydrogen (secondary N) is 1. The minimum Gasteiger partial charge on any atom is -0.306 e. The molecule has 1 heterocycles. The summed E-state index contributed by atoms with van der Waals surface area (Å²) < 4.78 is 14.9. The Hall–Kier alpha value is -3.28. The van der Waals surface area contributed by atoms with Gasteiger partial charge in [-0.15, -0.1) is 0 Å². The monoisotopic (exact) mass is 379 g/mol. The van der Waals surface area contributed by atoms with E-state index in [1.165, 1.54) is 19.1 Å². The van der Waals surface area contributed by atoms with Crippen molar-refractivity contribution in [1.82, 2.24) is 9.78 Å². The first kappa shape index (κ1) is 19.5. The van der Waals surface area contributed by atoms with Crippen LogP contribution in [0.1, 0.15) is 54.1 Å². The molecule has 0 fully saturated rings. The Bertz CT molecular complexity index is 1010. The van der Waals surface area contributed by atoms with E-state index in [-0.39, 0.29) is 22.9 Å². The van der Waals surface area contributed by atoms with Gasteiger partial charge in [-0.3, -0.25) is 9.59 Å². The van der Waals surface area contributed by atoms with Crippen LogP contribution >= 0.6 is 0 Å². The molecule has 1 amide bonds. The number of hydrogen-bond acceptors (Lipinski definition) is 3. The molecule has 0 aliphatic carbocycles. The summed E-state index contributed by atoms with van der Waals surface area (Å²) >= 11 is 0. The predicted molar refractivity (Wildman–Crippen MR) is 107 cm³/mol. The number of ketones is 1. The van der Waals surface area contributed by atoms with Crippen LogP contribution in [-0.2, 0) is 5.41 Å². The van der Waals surface area contributed by atoms with Crippen molar-refractivity contribution in [3.63, 3.8) is 0 Å². The highest BCUT2D eigenvalue weighted by atomic mass is 19.1. The second kappa shape index (κ2) is 7.38. The summed E-state index contributed by atoms with van der Waals surface area (Å²) in [6.45, 7) is 7.55. The molecule has 1 aromatic heterocycles. The van der Waals surface area contributed by atoms with Crippen molar-refractivity contribution in [3.8, 4) is 5.69 Å². The Morgan fingerprint density at radius 1 is 0.964 bits per heavy atom. The van der Waals surface area contributed by atoms with Crippen LogP contribution in [0.15, 0.2) is 54.6 Å². The number of benzene rings is 2. The van der Waals surface area contributed by atoms with Crippen molar-refractivity contribution in [1.29, 1.82) is 0 Å². The van der Waals surface area contributed by atoms with E-state index in [2.05, 4.69) is 10.4 Å². The van der Waals surface area contributed by atoms with E-state index in [1.54, 1.807) is 41.1 Å². The van der Waals surface area contributed by atoms with Gasteiger partial charge in [-0.2, -0.15) is 5.10 Å². The first-order chi connectivity index (χ1) is 13.1. The number of halogens is 1. The van der Waals surface area contributed by atoms with Crippen molar-refractivity contribution < 1.29 is 14.0 Å². The minimum atomic E-state index is -0.344. The smallest absolute Gasteiger partial charge is 0.256 e. The Kier molecular flexibility index (Phi) is 5.14. The number of Topliss-reactive ketones (excluding diaryl/α,β-unsaturated/α-hetero) is 1. The molecule has 0 bridgehead atoms. The van der Waals surface area contributed by atoms with Gasteiger partial charge < -0.3 is 5.32 Å². The van der Waals surface area contributed by atoms with E-state index in [1.807, 2.05) is 26.8 Å². The predicted octanol–water partition coefficient (Wildman–Crippen LogP) is 4.76. The fraction of sp³-hybridized carbons (Fsp3) is 0.227. The van der Waals surface area contributed by atoms with Gasteiger partial charge in [0.15, 0.2) is 5.78 Å². The van der Waals surface area contributed by atoms with Crippen LogP contribution in [0.3, 0.4) is 0 Å². The lowest BCUT2D eigenvalue weighted by Gasteiger charge is -2.14. The largest absolute Gasteiger partial charge is 0.306 e. The molecule has 5 nitrogen and oxygen atoms in total. The standard InChI is InChI=1S/C22H22FN3O2/c1-14(27)15-5-7-16(8-6-15)21(28)24-20-13-19(22(2,3)4)25-26(20)18-11-9-17(23)10-12-18/h5-13H,1-4H3,(H,24,28). The molecule has 0 radical (unpaired) electrons. The normalized spacial score (nSPS) is 11.3. The molecule has 2 aromatic carbocycles. The van der Waals surface area contributed by atoms with Crippen LogP contribution in [-0.4, -0.2) is 21.5 Å². The Labute approximate surface area is 163 Å². The third-order valence-corrected chi connectivity index (χ3v) is 4.34. The Morgan fingerprint density at radius 3 is 2.07 bits per heavy atom. The third kappa shape index (κ3) is 4.17. The molecule has 3 aromatic rings. The zero-order chi connectivity index (χ0) is 20.5. The van der Waals surface area contributed by atoms with E-state index in [4.69, 9.17) is 0 Å². The Balaban J connectivity index is 1.95. The summed E-state index contributed by atoms with van der Waals surface area (Å²) in [7, 11) is 0. The van der Waals surface area contributed by atoms with Crippen LogP contribution in [0.25, 0.3) is 5.69 Å². The number of nitrogens with zero attached hydrogens (tertiary/aromatic N) is 2. The maximum absolute atomic E-state index is 13.3. The molecule has 3 rings (SSSR count). The summed E-state index contributed by atoms with van der Waals surface area (Å²) in [6.07, 6.45) is 0. The average Bonchev–Trinajstić information content (AvgIpc) is 3.06. The molecule has 0 spiro atoms. The van der Waals surface area contributed by atoms with Crippen molar-refractivity contribution in [3.05, 3.63) is 77.2 Å². The van der Waals surface area contributed by atoms with Crippen LogP contribution < -0.4 is 5.32 Å². The third-order valence-electron chi connectivity index (χ3n) is 4.34. The second-order valence-corrected chi connectivity index (χ2v) is 7.64. The van der Waals surface area contributed by atoms with Gasteiger partial charge in [0, 0.05) is 22.6 Å². The fourth-order valence-electron chi connectivity index (χ4n) is 2.66. The number of carbonyl (C=O) groups is 2. The van der Waals surface area contributed by atoms with E-state index >= 15 is 0 Å². The van der Waals surface area contributed by atoms with Crippen LogP contribution in [0.4, 0.5) is 10.2 Å². The molecule has 1 N–H and O–H groups in total. The van der Waals surface area contributed by atoms with Crippen LogP contribution in [0.5, 0.6) is 0 Å². The number of amides is 1. The lowest BCUT2D eigenvalue weighted by atomic mass is 9.92. The van der Waals surface area contributed by atoms with Crippen molar-refractivity contribution in [2.75, 3.05) is 5.32 Å². The van der Waals surface area contributed by atoms with Gasteiger partial charge >= 0.3 is 0 Å². The highest BCUT2D eigenvalue weighted by Crippen LogP contribution is 2.26. The van der Waals surface area contributed by atoms with Gasteiger partial charge in [-0.05, 0) is 43.3 Å². The van der Waals surface area contributed by atoms with E-state index in [9.17, 15) is 14.0 Å². The molecule has 0 aliphatic rings. The number of aromatic nitrogens is 2. The molecule has 144 valence electrons. The van der Waals surface area contributed by atoms with Gasteiger partial charge in [0.25, 0.3) is 5.91 Å². The van der Waals surface area contributed by atoms with Gasteiger partial charge in [-0.1, -0.05) is 32.9 Å². The Morgan fingerprint density at radius 2 is 1.54 bits per heavy atom. The molecule has 6 heteroatoms. The highest BCUT2D eigenvalue weighted by molar-refractivity contribution is 6.04. The fourth-order valence-corrected chi connectivity index (χ4v) is 2.66. The summed E-state index contributed by atoms with van der Waals surface area (Å²) in [6, 6.07) is 14.2.